The Kier molecular flexibility index (Phi) is 4.49. The predicted molar refractivity (Wildman–Crippen MR) is 75.4 cm³/mol. The Morgan fingerprint density at radius 3 is 2.80 bits per heavy atom. The van der Waals surface area contributed by atoms with Crippen LogP contribution in [0.15, 0.2) is 36.5 Å². The Morgan fingerprint density at radius 1 is 1.40 bits per heavy atom. The van der Waals surface area contributed by atoms with Gasteiger partial charge in [-0.3, -0.25) is 11.3 Å². The van der Waals surface area contributed by atoms with Crippen LogP contribution in [-0.4, -0.2) is 12.1 Å². The third kappa shape index (κ3) is 3.04. The van der Waals surface area contributed by atoms with Crippen LogP contribution in [0.25, 0.3) is 0 Å². The Hall–Kier alpha value is -2.18. The quantitative estimate of drug-likeness (QED) is 0.570. The molecule has 1 aromatic heterocycles. The number of ether oxygens (including phenoxy) is 1. The summed E-state index contributed by atoms with van der Waals surface area (Å²) in [5.74, 6) is 6.03. The minimum absolute atomic E-state index is 0.380. The molecule has 0 amide bonds. The minimum Gasteiger partial charge on any atom is -0.497 e. The Bertz CT molecular complexity index is 591. The highest BCUT2D eigenvalue weighted by Crippen LogP contribution is 2.25. The molecule has 106 valence electrons. The Labute approximate surface area is 116 Å². The fourth-order valence-corrected chi connectivity index (χ4v) is 2.02. The van der Waals surface area contributed by atoms with Gasteiger partial charge in [-0.15, -0.1) is 0 Å². The molecule has 0 aliphatic carbocycles. The first-order valence-corrected chi connectivity index (χ1v) is 6.14. The van der Waals surface area contributed by atoms with E-state index in [4.69, 9.17) is 16.3 Å². The van der Waals surface area contributed by atoms with E-state index in [-0.39, 0.29) is 5.82 Å². The number of benzene rings is 1. The van der Waals surface area contributed by atoms with E-state index in [0.717, 1.165) is 5.56 Å². The molecule has 0 aliphatic rings. The van der Waals surface area contributed by atoms with Crippen molar-refractivity contribution in [1.82, 2.24) is 10.4 Å². The van der Waals surface area contributed by atoms with Crippen LogP contribution >= 0.6 is 0 Å². The number of nitrogen functional groups attached to an aromatic ring is 1. The zero-order chi connectivity index (χ0) is 14.5. The molecule has 5 N–H and O–H groups in total. The van der Waals surface area contributed by atoms with Crippen molar-refractivity contribution in [2.24, 2.45) is 5.84 Å². The SMILES string of the molecule is COc1ccc(C(Cc2cccnc2N)NN)c(F)c1. The number of hydrazine groups is 1. The van der Waals surface area contributed by atoms with Crippen LogP contribution in [-0.2, 0) is 6.42 Å². The normalized spacial score (nSPS) is 12.2. The molecule has 0 radical (unpaired) electrons. The van der Waals surface area contributed by atoms with Gasteiger partial charge in [0.1, 0.15) is 17.4 Å². The van der Waals surface area contributed by atoms with Crippen LogP contribution in [0, 0.1) is 5.82 Å². The molecule has 1 atom stereocenters. The monoisotopic (exact) mass is 276 g/mol. The largest absolute Gasteiger partial charge is 0.497 e. The summed E-state index contributed by atoms with van der Waals surface area (Å²) in [5, 5.41) is 0. The van der Waals surface area contributed by atoms with Gasteiger partial charge in [0.15, 0.2) is 0 Å². The van der Waals surface area contributed by atoms with E-state index in [2.05, 4.69) is 10.4 Å². The Morgan fingerprint density at radius 2 is 2.20 bits per heavy atom. The molecule has 1 aromatic carbocycles. The minimum atomic E-state index is -0.396. The highest BCUT2D eigenvalue weighted by molar-refractivity contribution is 5.40. The predicted octanol–water partition coefficient (Wildman–Crippen LogP) is 1.56. The Balaban J connectivity index is 2.27. The molecule has 20 heavy (non-hydrogen) atoms. The number of nitrogens with one attached hydrogen (secondary N) is 1. The molecular weight excluding hydrogens is 259 g/mol. The third-order valence-corrected chi connectivity index (χ3v) is 3.13. The number of nitrogens with two attached hydrogens (primary N) is 2. The maximum absolute atomic E-state index is 14.1. The molecule has 6 heteroatoms. The van der Waals surface area contributed by atoms with Crippen LogP contribution in [0.1, 0.15) is 17.2 Å². The van der Waals surface area contributed by atoms with Crippen molar-refractivity contribution in [2.45, 2.75) is 12.5 Å². The second-order valence-corrected chi connectivity index (χ2v) is 4.36. The van der Waals surface area contributed by atoms with E-state index >= 15 is 0 Å². The van der Waals surface area contributed by atoms with Crippen molar-refractivity contribution in [2.75, 3.05) is 12.8 Å². The van der Waals surface area contributed by atoms with E-state index in [9.17, 15) is 4.39 Å². The zero-order valence-corrected chi connectivity index (χ0v) is 11.1. The molecular formula is C14H17FN4O. The number of anilines is 1. The lowest BCUT2D eigenvalue weighted by atomic mass is 9.99. The van der Waals surface area contributed by atoms with Crippen molar-refractivity contribution in [3.05, 3.63) is 53.5 Å². The summed E-state index contributed by atoms with van der Waals surface area (Å²) >= 11 is 0. The molecule has 0 bridgehead atoms. The molecule has 0 saturated carbocycles. The highest BCUT2D eigenvalue weighted by Gasteiger charge is 2.17. The van der Waals surface area contributed by atoms with E-state index < -0.39 is 6.04 Å². The van der Waals surface area contributed by atoms with E-state index in [0.29, 0.717) is 23.6 Å². The maximum atomic E-state index is 14.1. The van der Waals surface area contributed by atoms with Gasteiger partial charge in [0, 0.05) is 17.8 Å². The average Bonchev–Trinajstić information content (AvgIpc) is 2.47. The van der Waals surface area contributed by atoms with Crippen LogP contribution < -0.4 is 21.7 Å². The zero-order valence-electron chi connectivity index (χ0n) is 11.1. The summed E-state index contributed by atoms with van der Waals surface area (Å²) in [5.41, 5.74) is 9.67. The van der Waals surface area contributed by atoms with Crippen molar-refractivity contribution in [3.8, 4) is 5.75 Å². The maximum Gasteiger partial charge on any atom is 0.131 e. The molecule has 1 heterocycles. The summed E-state index contributed by atoms with van der Waals surface area (Å²) < 4.78 is 19.0. The van der Waals surface area contributed by atoms with E-state index in [1.165, 1.54) is 13.2 Å². The second-order valence-electron chi connectivity index (χ2n) is 4.36. The first-order valence-electron chi connectivity index (χ1n) is 6.14. The number of hydrogen-bond donors (Lipinski definition) is 3. The standard InChI is InChI=1S/C14H17FN4O/c1-20-10-4-5-11(12(15)8-10)13(19-17)7-9-3-2-6-18-14(9)16/h2-6,8,13,19H,7,17H2,1H3,(H2,16,18). The molecule has 2 aromatic rings. The molecule has 0 fully saturated rings. The number of methoxy groups -OCH3 is 1. The number of nitrogens with zero attached hydrogens (tertiary/aromatic N) is 1. The molecule has 0 saturated heterocycles. The van der Waals surface area contributed by atoms with Crippen molar-refractivity contribution in [1.29, 1.82) is 0 Å². The van der Waals surface area contributed by atoms with Gasteiger partial charge in [-0.25, -0.2) is 9.37 Å². The lowest BCUT2D eigenvalue weighted by Gasteiger charge is -2.18. The van der Waals surface area contributed by atoms with Gasteiger partial charge in [0.25, 0.3) is 0 Å². The molecule has 2 rings (SSSR count). The fraction of sp³-hybridized carbons (Fsp3) is 0.214. The fourth-order valence-electron chi connectivity index (χ4n) is 2.02. The highest BCUT2D eigenvalue weighted by atomic mass is 19.1. The topological polar surface area (TPSA) is 86.2 Å². The number of pyridine rings is 1. The van der Waals surface area contributed by atoms with Crippen LogP contribution in [0.5, 0.6) is 5.75 Å². The lowest BCUT2D eigenvalue weighted by Crippen LogP contribution is -2.30. The number of aromatic nitrogens is 1. The first kappa shape index (κ1) is 14.2. The smallest absolute Gasteiger partial charge is 0.131 e. The summed E-state index contributed by atoms with van der Waals surface area (Å²) in [7, 11) is 1.49. The first-order chi connectivity index (χ1) is 9.65. The van der Waals surface area contributed by atoms with Crippen molar-refractivity contribution in [3.63, 3.8) is 0 Å². The van der Waals surface area contributed by atoms with Crippen LogP contribution in [0.4, 0.5) is 10.2 Å². The molecule has 0 spiro atoms. The van der Waals surface area contributed by atoms with Gasteiger partial charge in [-0.2, -0.15) is 0 Å². The van der Waals surface area contributed by atoms with Gasteiger partial charge in [-0.1, -0.05) is 12.1 Å². The van der Waals surface area contributed by atoms with Gasteiger partial charge in [0.05, 0.1) is 13.2 Å². The van der Waals surface area contributed by atoms with Crippen molar-refractivity contribution < 1.29 is 9.13 Å². The third-order valence-electron chi connectivity index (χ3n) is 3.13. The van der Waals surface area contributed by atoms with Crippen LogP contribution in [0.3, 0.4) is 0 Å². The molecule has 1 unspecified atom stereocenters. The van der Waals surface area contributed by atoms with Gasteiger partial charge in [-0.05, 0) is 24.1 Å². The number of hydrogen-bond acceptors (Lipinski definition) is 5. The summed E-state index contributed by atoms with van der Waals surface area (Å²) in [4.78, 5) is 4.01. The molecule has 5 nitrogen and oxygen atoms in total. The summed E-state index contributed by atoms with van der Waals surface area (Å²) in [6.45, 7) is 0. The van der Waals surface area contributed by atoms with Gasteiger partial charge < -0.3 is 10.5 Å². The van der Waals surface area contributed by atoms with E-state index in [1.807, 2.05) is 6.07 Å². The van der Waals surface area contributed by atoms with E-state index in [1.54, 1.807) is 24.4 Å². The lowest BCUT2D eigenvalue weighted by molar-refractivity contribution is 0.409. The van der Waals surface area contributed by atoms with Gasteiger partial charge >= 0.3 is 0 Å². The summed E-state index contributed by atoms with van der Waals surface area (Å²) in [6.07, 6.45) is 2.05. The van der Waals surface area contributed by atoms with Crippen LogP contribution in [0.2, 0.25) is 0 Å². The van der Waals surface area contributed by atoms with Crippen molar-refractivity contribution >= 4 is 5.82 Å². The molecule has 0 aliphatic heterocycles. The van der Waals surface area contributed by atoms with Gasteiger partial charge in [0.2, 0.25) is 0 Å². The second kappa shape index (κ2) is 6.31. The number of rotatable bonds is 5. The summed E-state index contributed by atoms with van der Waals surface area (Å²) in [6, 6.07) is 7.89. The number of halogens is 1. The average molecular weight is 276 g/mol.